The van der Waals surface area contributed by atoms with Gasteiger partial charge in [-0.25, -0.2) is 0 Å². The maximum atomic E-state index is 6.45. The highest BCUT2D eigenvalue weighted by Crippen LogP contribution is 2.31. The molecule has 0 radical (unpaired) electrons. The van der Waals surface area contributed by atoms with E-state index in [-0.39, 0.29) is 5.38 Å². The number of benzene rings is 1. The Labute approximate surface area is 110 Å². The molecule has 0 saturated heterocycles. The van der Waals surface area contributed by atoms with Gasteiger partial charge in [-0.3, -0.25) is 0 Å². The second kappa shape index (κ2) is 7.60. The van der Waals surface area contributed by atoms with Crippen LogP contribution in [0.4, 0.5) is 0 Å². The minimum Gasteiger partial charge on any atom is -0.497 e. The molecule has 0 amide bonds. The third-order valence-corrected chi connectivity index (χ3v) is 3.58. The second-order valence-electron chi connectivity index (χ2n) is 4.54. The lowest BCUT2D eigenvalue weighted by molar-refractivity contribution is 0.414. The first kappa shape index (κ1) is 14.4. The van der Waals surface area contributed by atoms with Gasteiger partial charge in [0.2, 0.25) is 0 Å². The molecule has 0 aliphatic rings. The molecule has 1 unspecified atom stereocenters. The second-order valence-corrected chi connectivity index (χ2v) is 5.07. The Morgan fingerprint density at radius 1 is 1.24 bits per heavy atom. The zero-order valence-corrected chi connectivity index (χ0v) is 11.9. The quantitative estimate of drug-likeness (QED) is 0.477. The number of alkyl halides is 1. The highest BCUT2D eigenvalue weighted by Gasteiger charge is 2.10. The third kappa shape index (κ3) is 4.59. The van der Waals surface area contributed by atoms with Crippen LogP contribution in [0.15, 0.2) is 18.2 Å². The van der Waals surface area contributed by atoms with Gasteiger partial charge < -0.3 is 4.74 Å². The predicted molar refractivity (Wildman–Crippen MR) is 75.1 cm³/mol. The maximum absolute atomic E-state index is 6.45. The van der Waals surface area contributed by atoms with Crippen LogP contribution in [0, 0.1) is 6.92 Å². The van der Waals surface area contributed by atoms with Crippen LogP contribution in [0.25, 0.3) is 0 Å². The molecule has 0 spiro atoms. The van der Waals surface area contributed by atoms with Crippen molar-refractivity contribution < 1.29 is 4.74 Å². The van der Waals surface area contributed by atoms with E-state index in [9.17, 15) is 0 Å². The van der Waals surface area contributed by atoms with Gasteiger partial charge in [-0.05, 0) is 36.6 Å². The number of rotatable bonds is 7. The topological polar surface area (TPSA) is 9.23 Å². The van der Waals surface area contributed by atoms with Gasteiger partial charge in [-0.15, -0.1) is 11.6 Å². The van der Waals surface area contributed by atoms with Crippen molar-refractivity contribution in [1.82, 2.24) is 0 Å². The minimum atomic E-state index is 0.137. The maximum Gasteiger partial charge on any atom is 0.119 e. The molecule has 1 aromatic rings. The summed E-state index contributed by atoms with van der Waals surface area (Å²) in [6, 6.07) is 6.13. The van der Waals surface area contributed by atoms with Crippen molar-refractivity contribution in [1.29, 1.82) is 0 Å². The van der Waals surface area contributed by atoms with Gasteiger partial charge >= 0.3 is 0 Å². The lowest BCUT2D eigenvalue weighted by Crippen LogP contribution is -1.95. The summed E-state index contributed by atoms with van der Waals surface area (Å²) in [6.45, 7) is 4.32. The van der Waals surface area contributed by atoms with Crippen LogP contribution in [0.1, 0.15) is 55.5 Å². The highest BCUT2D eigenvalue weighted by molar-refractivity contribution is 6.20. The monoisotopic (exact) mass is 254 g/mol. The lowest BCUT2D eigenvalue weighted by atomic mass is 10.0. The van der Waals surface area contributed by atoms with Gasteiger partial charge in [0.25, 0.3) is 0 Å². The number of methoxy groups -OCH3 is 1. The molecule has 0 saturated carbocycles. The SMILES string of the molecule is CCCCCCC(Cl)c1ccc(OC)cc1C. The van der Waals surface area contributed by atoms with Crippen LogP contribution in [0.5, 0.6) is 5.75 Å². The van der Waals surface area contributed by atoms with E-state index in [1.165, 1.54) is 36.8 Å². The number of hydrogen-bond donors (Lipinski definition) is 0. The summed E-state index contributed by atoms with van der Waals surface area (Å²) >= 11 is 6.45. The van der Waals surface area contributed by atoms with E-state index >= 15 is 0 Å². The minimum absolute atomic E-state index is 0.137. The first-order valence-corrected chi connectivity index (χ1v) is 6.91. The molecule has 96 valence electrons. The molecule has 0 heterocycles. The normalized spacial score (nSPS) is 12.5. The fraction of sp³-hybridized carbons (Fsp3) is 0.600. The van der Waals surface area contributed by atoms with Crippen molar-refractivity contribution in [3.8, 4) is 5.75 Å². The summed E-state index contributed by atoms with van der Waals surface area (Å²) in [5.41, 5.74) is 2.46. The molecule has 0 fully saturated rings. The summed E-state index contributed by atoms with van der Waals surface area (Å²) in [5, 5.41) is 0.137. The van der Waals surface area contributed by atoms with Crippen molar-refractivity contribution in [2.45, 2.75) is 51.3 Å². The van der Waals surface area contributed by atoms with Crippen LogP contribution in [-0.2, 0) is 0 Å². The Morgan fingerprint density at radius 3 is 2.59 bits per heavy atom. The van der Waals surface area contributed by atoms with Crippen LogP contribution in [0.3, 0.4) is 0 Å². The number of ether oxygens (including phenoxy) is 1. The molecule has 17 heavy (non-hydrogen) atoms. The van der Waals surface area contributed by atoms with Crippen molar-refractivity contribution in [2.75, 3.05) is 7.11 Å². The molecule has 1 nitrogen and oxygen atoms in total. The number of unbranched alkanes of at least 4 members (excludes halogenated alkanes) is 3. The van der Waals surface area contributed by atoms with Gasteiger partial charge in [0, 0.05) is 0 Å². The number of aryl methyl sites for hydroxylation is 1. The molecule has 1 rings (SSSR count). The zero-order valence-electron chi connectivity index (χ0n) is 11.1. The van der Waals surface area contributed by atoms with E-state index in [2.05, 4.69) is 26.0 Å². The molecular weight excluding hydrogens is 232 g/mol. The van der Waals surface area contributed by atoms with E-state index < -0.39 is 0 Å². The molecule has 1 atom stereocenters. The van der Waals surface area contributed by atoms with Crippen LogP contribution >= 0.6 is 11.6 Å². The lowest BCUT2D eigenvalue weighted by Gasteiger charge is -2.13. The van der Waals surface area contributed by atoms with E-state index in [0.29, 0.717) is 0 Å². The Balaban J connectivity index is 2.53. The summed E-state index contributed by atoms with van der Waals surface area (Å²) in [4.78, 5) is 0. The fourth-order valence-corrected chi connectivity index (χ4v) is 2.43. The Hall–Kier alpha value is -0.690. The summed E-state index contributed by atoms with van der Waals surface area (Å²) in [6.07, 6.45) is 6.15. The van der Waals surface area contributed by atoms with Gasteiger partial charge in [0.05, 0.1) is 12.5 Å². The molecule has 0 aliphatic heterocycles. The third-order valence-electron chi connectivity index (χ3n) is 3.13. The van der Waals surface area contributed by atoms with Crippen molar-refractivity contribution in [2.24, 2.45) is 0 Å². The zero-order chi connectivity index (χ0) is 12.7. The van der Waals surface area contributed by atoms with Gasteiger partial charge in [0.1, 0.15) is 5.75 Å². The molecule has 0 aromatic heterocycles. The molecule has 0 bridgehead atoms. The first-order valence-electron chi connectivity index (χ1n) is 6.47. The van der Waals surface area contributed by atoms with Crippen LogP contribution < -0.4 is 4.74 Å². The Kier molecular flexibility index (Phi) is 6.43. The van der Waals surface area contributed by atoms with Crippen molar-refractivity contribution in [3.05, 3.63) is 29.3 Å². The average molecular weight is 255 g/mol. The Bertz CT molecular complexity index is 336. The van der Waals surface area contributed by atoms with Crippen molar-refractivity contribution >= 4 is 11.6 Å². The summed E-state index contributed by atoms with van der Waals surface area (Å²) in [7, 11) is 1.69. The fourth-order valence-electron chi connectivity index (χ4n) is 2.03. The van der Waals surface area contributed by atoms with E-state index in [1.807, 2.05) is 6.07 Å². The van der Waals surface area contributed by atoms with Crippen LogP contribution in [-0.4, -0.2) is 7.11 Å². The highest BCUT2D eigenvalue weighted by atomic mass is 35.5. The number of halogens is 1. The molecule has 0 aliphatic carbocycles. The van der Waals surface area contributed by atoms with E-state index in [0.717, 1.165) is 12.2 Å². The van der Waals surface area contributed by atoms with E-state index in [4.69, 9.17) is 16.3 Å². The summed E-state index contributed by atoms with van der Waals surface area (Å²) < 4.78 is 5.20. The molecule has 0 N–H and O–H groups in total. The van der Waals surface area contributed by atoms with Gasteiger partial charge in [-0.1, -0.05) is 38.7 Å². The number of hydrogen-bond acceptors (Lipinski definition) is 1. The average Bonchev–Trinajstić information content (AvgIpc) is 2.34. The molecular formula is C15H23ClO. The van der Waals surface area contributed by atoms with Gasteiger partial charge in [-0.2, -0.15) is 0 Å². The smallest absolute Gasteiger partial charge is 0.119 e. The standard InChI is InChI=1S/C15H23ClO/c1-4-5-6-7-8-15(16)14-10-9-13(17-3)11-12(14)2/h9-11,15H,4-8H2,1-3H3. The van der Waals surface area contributed by atoms with Gasteiger partial charge in [0.15, 0.2) is 0 Å². The van der Waals surface area contributed by atoms with Crippen molar-refractivity contribution in [3.63, 3.8) is 0 Å². The van der Waals surface area contributed by atoms with E-state index in [1.54, 1.807) is 7.11 Å². The molecule has 1 aromatic carbocycles. The predicted octanol–water partition coefficient (Wildman–Crippen LogP) is 5.25. The summed E-state index contributed by atoms with van der Waals surface area (Å²) in [5.74, 6) is 0.904. The largest absolute Gasteiger partial charge is 0.497 e. The Morgan fingerprint density at radius 2 is 2.00 bits per heavy atom. The van der Waals surface area contributed by atoms with Crippen LogP contribution in [0.2, 0.25) is 0 Å². The first-order chi connectivity index (χ1) is 8.19. The molecule has 2 heteroatoms.